The molecule has 22 heavy (non-hydrogen) atoms. The van der Waals surface area contributed by atoms with Crippen LogP contribution in [0.2, 0.25) is 0 Å². The first kappa shape index (κ1) is 15.6. The van der Waals surface area contributed by atoms with Gasteiger partial charge in [0.25, 0.3) is 0 Å². The molecule has 3 rings (SSSR count). The zero-order valence-corrected chi connectivity index (χ0v) is 14.4. The molecular weight excluding hydrogens is 312 g/mol. The Balaban J connectivity index is 1.56. The Hall–Kier alpha value is -1.27. The van der Waals surface area contributed by atoms with Crippen LogP contribution in [0, 0.1) is 0 Å². The van der Waals surface area contributed by atoms with Crippen LogP contribution in [-0.2, 0) is 6.54 Å². The van der Waals surface area contributed by atoms with Crippen molar-refractivity contribution in [1.82, 2.24) is 10.3 Å². The maximum atomic E-state index is 10.3. The summed E-state index contributed by atoms with van der Waals surface area (Å²) < 4.78 is 1.22. The third-order valence-corrected chi connectivity index (χ3v) is 5.99. The number of aromatic nitrogens is 1. The summed E-state index contributed by atoms with van der Waals surface area (Å²) in [5.74, 6) is 0.475. The Bertz CT molecular complexity index is 715. The molecule has 0 aliphatic rings. The maximum Gasteiger partial charge on any atom is 0.101 e. The second-order valence-electron chi connectivity index (χ2n) is 5.65. The fourth-order valence-electron chi connectivity index (χ4n) is 2.27. The molecule has 116 valence electrons. The van der Waals surface area contributed by atoms with Gasteiger partial charge in [-0.3, -0.25) is 0 Å². The molecule has 0 spiro atoms. The maximum absolute atomic E-state index is 10.3. The van der Waals surface area contributed by atoms with E-state index >= 15 is 0 Å². The van der Waals surface area contributed by atoms with Crippen LogP contribution in [0.5, 0.6) is 0 Å². The second-order valence-corrected chi connectivity index (χ2v) is 7.91. The number of rotatable bonds is 6. The second kappa shape index (κ2) is 6.87. The molecule has 2 aromatic heterocycles. The van der Waals surface area contributed by atoms with Crippen molar-refractivity contribution in [3.05, 3.63) is 51.3 Å². The summed E-state index contributed by atoms with van der Waals surface area (Å²) in [5, 5.41) is 16.0. The van der Waals surface area contributed by atoms with Gasteiger partial charge in [-0.15, -0.1) is 22.7 Å². The topological polar surface area (TPSA) is 45.2 Å². The zero-order valence-electron chi connectivity index (χ0n) is 12.7. The Morgan fingerprint density at radius 1 is 1.23 bits per heavy atom. The first-order valence-corrected chi connectivity index (χ1v) is 9.08. The van der Waals surface area contributed by atoms with Gasteiger partial charge in [-0.1, -0.05) is 32.0 Å². The lowest BCUT2D eigenvalue weighted by molar-refractivity contribution is 0.178. The third-order valence-electron chi connectivity index (χ3n) is 3.48. The van der Waals surface area contributed by atoms with Crippen molar-refractivity contribution in [1.29, 1.82) is 0 Å². The number of hydrogen-bond acceptors (Lipinski definition) is 5. The molecule has 1 aromatic carbocycles. The van der Waals surface area contributed by atoms with E-state index in [9.17, 15) is 5.11 Å². The van der Waals surface area contributed by atoms with Gasteiger partial charge in [0.05, 0.1) is 5.01 Å². The molecule has 2 N–H and O–H groups in total. The predicted molar refractivity (Wildman–Crippen MR) is 94.7 cm³/mol. The molecule has 0 aliphatic carbocycles. The fourth-order valence-corrected chi connectivity index (χ4v) is 4.21. The Kier molecular flexibility index (Phi) is 4.88. The van der Waals surface area contributed by atoms with E-state index in [1.807, 2.05) is 18.3 Å². The predicted octanol–water partition coefficient (Wildman–Crippen LogP) is 4.30. The van der Waals surface area contributed by atoms with E-state index in [0.29, 0.717) is 12.5 Å². The van der Waals surface area contributed by atoms with E-state index < -0.39 is 6.10 Å². The molecule has 3 aromatic rings. The molecule has 0 aliphatic heterocycles. The van der Waals surface area contributed by atoms with E-state index in [2.05, 4.69) is 42.3 Å². The molecule has 1 atom stereocenters. The van der Waals surface area contributed by atoms with E-state index in [1.54, 1.807) is 22.7 Å². The standard InChI is InChI=1S/C17H20N2OS2/c1-11(2)17-19-9-13(21-17)8-18-10-14(20)16-7-12-5-3-4-6-15(12)22-16/h3-7,9,11,14,18,20H,8,10H2,1-2H3. The van der Waals surface area contributed by atoms with Gasteiger partial charge in [-0.05, 0) is 17.5 Å². The summed E-state index contributed by atoms with van der Waals surface area (Å²) >= 11 is 3.40. The van der Waals surface area contributed by atoms with Gasteiger partial charge < -0.3 is 10.4 Å². The normalized spacial score (nSPS) is 13.1. The number of hydrogen-bond donors (Lipinski definition) is 2. The van der Waals surface area contributed by atoms with Gasteiger partial charge >= 0.3 is 0 Å². The van der Waals surface area contributed by atoms with Gasteiger partial charge in [0, 0.05) is 39.7 Å². The Morgan fingerprint density at radius 3 is 2.77 bits per heavy atom. The number of thiazole rings is 1. The number of nitrogens with zero attached hydrogens (tertiary/aromatic N) is 1. The highest BCUT2D eigenvalue weighted by atomic mass is 32.1. The van der Waals surface area contributed by atoms with Crippen molar-refractivity contribution in [3.8, 4) is 0 Å². The van der Waals surface area contributed by atoms with Gasteiger partial charge in [0.15, 0.2) is 0 Å². The van der Waals surface area contributed by atoms with Crippen LogP contribution >= 0.6 is 22.7 Å². The highest BCUT2D eigenvalue weighted by Crippen LogP contribution is 2.29. The number of aliphatic hydroxyl groups is 1. The van der Waals surface area contributed by atoms with Crippen LogP contribution in [0.3, 0.4) is 0 Å². The number of nitrogens with one attached hydrogen (secondary N) is 1. The molecule has 0 saturated heterocycles. The van der Waals surface area contributed by atoms with Gasteiger partial charge in [0.2, 0.25) is 0 Å². The minimum absolute atomic E-state index is 0.463. The number of thiophene rings is 1. The van der Waals surface area contributed by atoms with Gasteiger partial charge in [0.1, 0.15) is 6.10 Å². The van der Waals surface area contributed by atoms with Crippen molar-refractivity contribution < 1.29 is 5.11 Å². The molecular formula is C17H20N2OS2. The lowest BCUT2D eigenvalue weighted by Gasteiger charge is -2.09. The van der Waals surface area contributed by atoms with E-state index in [0.717, 1.165) is 11.4 Å². The van der Waals surface area contributed by atoms with E-state index in [1.165, 1.54) is 20.0 Å². The largest absolute Gasteiger partial charge is 0.386 e. The lowest BCUT2D eigenvalue weighted by Crippen LogP contribution is -2.20. The lowest BCUT2D eigenvalue weighted by atomic mass is 10.2. The fraction of sp³-hybridized carbons (Fsp3) is 0.353. The third kappa shape index (κ3) is 3.55. The molecule has 0 fully saturated rings. The van der Waals surface area contributed by atoms with Crippen LogP contribution in [0.1, 0.15) is 40.6 Å². The molecule has 1 unspecified atom stereocenters. The monoisotopic (exact) mass is 332 g/mol. The first-order chi connectivity index (χ1) is 10.6. The van der Waals surface area contributed by atoms with E-state index in [4.69, 9.17) is 0 Å². The number of aliphatic hydroxyl groups excluding tert-OH is 1. The Morgan fingerprint density at radius 2 is 2.05 bits per heavy atom. The molecule has 0 saturated carbocycles. The summed E-state index contributed by atoms with van der Waals surface area (Å²) in [6.45, 7) is 5.62. The SMILES string of the molecule is CC(C)c1ncc(CNCC(O)c2cc3ccccc3s2)s1. The quantitative estimate of drug-likeness (QED) is 0.707. The van der Waals surface area contributed by atoms with Crippen LogP contribution in [0.25, 0.3) is 10.1 Å². The minimum atomic E-state index is -0.463. The molecule has 2 heterocycles. The van der Waals surface area contributed by atoms with Crippen LogP contribution in [0.15, 0.2) is 36.5 Å². The summed E-state index contributed by atoms with van der Waals surface area (Å²) in [4.78, 5) is 6.65. The van der Waals surface area contributed by atoms with E-state index in [-0.39, 0.29) is 0 Å². The van der Waals surface area contributed by atoms with Crippen LogP contribution < -0.4 is 5.32 Å². The average Bonchev–Trinajstić information content (AvgIpc) is 3.13. The molecule has 3 nitrogen and oxygen atoms in total. The van der Waals surface area contributed by atoms with Crippen molar-refractivity contribution in [3.63, 3.8) is 0 Å². The molecule has 0 radical (unpaired) electrons. The highest BCUT2D eigenvalue weighted by molar-refractivity contribution is 7.19. The molecule has 0 bridgehead atoms. The summed E-state index contributed by atoms with van der Waals surface area (Å²) in [6, 6.07) is 10.3. The Labute approximate surface area is 138 Å². The van der Waals surface area contributed by atoms with Crippen molar-refractivity contribution in [2.24, 2.45) is 0 Å². The summed E-state index contributed by atoms with van der Waals surface area (Å²) in [7, 11) is 0. The van der Waals surface area contributed by atoms with Gasteiger partial charge in [-0.2, -0.15) is 0 Å². The summed E-state index contributed by atoms with van der Waals surface area (Å²) in [5.41, 5.74) is 0. The highest BCUT2D eigenvalue weighted by Gasteiger charge is 2.11. The molecule has 0 amide bonds. The number of benzene rings is 1. The van der Waals surface area contributed by atoms with Crippen LogP contribution in [-0.4, -0.2) is 16.6 Å². The molecule has 5 heteroatoms. The van der Waals surface area contributed by atoms with Crippen molar-refractivity contribution in [2.45, 2.75) is 32.4 Å². The van der Waals surface area contributed by atoms with Crippen molar-refractivity contribution >= 4 is 32.8 Å². The van der Waals surface area contributed by atoms with Crippen molar-refractivity contribution in [2.75, 3.05) is 6.54 Å². The van der Waals surface area contributed by atoms with Gasteiger partial charge in [-0.25, -0.2) is 4.98 Å². The van der Waals surface area contributed by atoms with Crippen LogP contribution in [0.4, 0.5) is 0 Å². The minimum Gasteiger partial charge on any atom is -0.386 e. The number of fused-ring (bicyclic) bond motifs is 1. The average molecular weight is 332 g/mol. The zero-order chi connectivity index (χ0) is 15.5. The summed E-state index contributed by atoms with van der Waals surface area (Å²) in [6.07, 6.45) is 1.47. The smallest absolute Gasteiger partial charge is 0.101 e. The first-order valence-electron chi connectivity index (χ1n) is 7.45.